The van der Waals surface area contributed by atoms with E-state index in [-0.39, 0.29) is 0 Å². The lowest BCUT2D eigenvalue weighted by Crippen LogP contribution is -2.42. The van der Waals surface area contributed by atoms with Crippen molar-refractivity contribution < 1.29 is 0 Å². The van der Waals surface area contributed by atoms with Crippen LogP contribution in [-0.4, -0.2) is 30.5 Å². The molecule has 70 valence electrons. The number of nitrogens with zero attached hydrogens (tertiary/aromatic N) is 2. The highest BCUT2D eigenvalue weighted by Gasteiger charge is 2.17. The van der Waals surface area contributed by atoms with Crippen LogP contribution in [0.2, 0.25) is 0 Å². The van der Waals surface area contributed by atoms with Gasteiger partial charge in [-0.1, -0.05) is 12.8 Å². The lowest BCUT2D eigenvalue weighted by Gasteiger charge is -2.27. The smallest absolute Gasteiger partial charge is 0.191 e. The number of nitrogens with two attached hydrogens (primary N) is 1. The molecule has 0 aromatic rings. The summed E-state index contributed by atoms with van der Waals surface area (Å²) in [7, 11) is 1.76. The lowest BCUT2D eigenvalue weighted by atomic mass is 10.1. The first-order valence-corrected chi connectivity index (χ1v) is 4.74. The van der Waals surface area contributed by atoms with Gasteiger partial charge in [-0.15, -0.1) is 0 Å². The predicted octanol–water partition coefficient (Wildman–Crippen LogP) is 1.20. The SMILES string of the molecule is CN=C(N)N1CCCCCC1C. The molecular formula is C9H19N3. The molecule has 12 heavy (non-hydrogen) atoms. The monoisotopic (exact) mass is 169 g/mol. The van der Waals surface area contributed by atoms with Crippen molar-refractivity contribution in [1.82, 2.24) is 4.90 Å². The molecule has 0 radical (unpaired) electrons. The van der Waals surface area contributed by atoms with E-state index in [2.05, 4.69) is 16.8 Å². The first-order valence-electron chi connectivity index (χ1n) is 4.74. The molecule has 0 amide bonds. The van der Waals surface area contributed by atoms with Crippen molar-refractivity contribution in [3.05, 3.63) is 0 Å². The fraction of sp³-hybridized carbons (Fsp3) is 0.889. The molecule has 1 fully saturated rings. The third kappa shape index (κ3) is 2.13. The van der Waals surface area contributed by atoms with Crippen LogP contribution in [-0.2, 0) is 0 Å². The van der Waals surface area contributed by atoms with E-state index in [0.29, 0.717) is 12.0 Å². The van der Waals surface area contributed by atoms with Crippen LogP contribution in [0.25, 0.3) is 0 Å². The Bertz CT molecular complexity index is 165. The van der Waals surface area contributed by atoms with Gasteiger partial charge in [0.25, 0.3) is 0 Å². The quantitative estimate of drug-likeness (QED) is 0.437. The molecule has 0 aliphatic carbocycles. The third-order valence-electron chi connectivity index (χ3n) is 2.58. The van der Waals surface area contributed by atoms with Gasteiger partial charge in [0.15, 0.2) is 5.96 Å². The maximum Gasteiger partial charge on any atom is 0.191 e. The maximum atomic E-state index is 5.78. The summed E-state index contributed by atoms with van der Waals surface area (Å²) in [5, 5.41) is 0. The zero-order valence-electron chi connectivity index (χ0n) is 8.08. The molecule has 2 N–H and O–H groups in total. The highest BCUT2D eigenvalue weighted by Crippen LogP contribution is 2.15. The van der Waals surface area contributed by atoms with Gasteiger partial charge in [0.1, 0.15) is 0 Å². The largest absolute Gasteiger partial charge is 0.370 e. The van der Waals surface area contributed by atoms with Crippen molar-refractivity contribution in [2.45, 2.75) is 38.6 Å². The van der Waals surface area contributed by atoms with Crippen molar-refractivity contribution in [3.63, 3.8) is 0 Å². The molecular weight excluding hydrogens is 150 g/mol. The summed E-state index contributed by atoms with van der Waals surface area (Å²) < 4.78 is 0. The van der Waals surface area contributed by atoms with E-state index in [4.69, 9.17) is 5.73 Å². The van der Waals surface area contributed by atoms with Crippen molar-refractivity contribution in [3.8, 4) is 0 Å². The molecule has 0 bridgehead atoms. The molecule has 3 heteroatoms. The van der Waals surface area contributed by atoms with E-state index in [1.54, 1.807) is 7.05 Å². The average Bonchev–Trinajstić information content (AvgIpc) is 2.28. The standard InChI is InChI=1S/C9H19N3/c1-8-6-4-3-5-7-12(8)9(10)11-2/h8H,3-7H2,1-2H3,(H2,10,11). The normalized spacial score (nSPS) is 27.0. The molecule has 0 spiro atoms. The summed E-state index contributed by atoms with van der Waals surface area (Å²) in [5.74, 6) is 0.699. The zero-order chi connectivity index (χ0) is 8.97. The van der Waals surface area contributed by atoms with Gasteiger partial charge in [0.2, 0.25) is 0 Å². The van der Waals surface area contributed by atoms with Gasteiger partial charge in [-0.25, -0.2) is 0 Å². The Balaban J connectivity index is 2.59. The minimum atomic E-state index is 0.566. The highest BCUT2D eigenvalue weighted by molar-refractivity contribution is 5.78. The van der Waals surface area contributed by atoms with Gasteiger partial charge in [-0.05, 0) is 19.8 Å². The van der Waals surface area contributed by atoms with Crippen molar-refractivity contribution in [1.29, 1.82) is 0 Å². The van der Waals surface area contributed by atoms with Gasteiger partial charge in [-0.2, -0.15) is 0 Å². The Hall–Kier alpha value is -0.730. The molecule has 1 unspecified atom stereocenters. The van der Waals surface area contributed by atoms with Gasteiger partial charge in [-0.3, -0.25) is 4.99 Å². The molecule has 1 heterocycles. The Morgan fingerprint density at radius 2 is 2.17 bits per heavy atom. The zero-order valence-corrected chi connectivity index (χ0v) is 8.08. The molecule has 1 atom stereocenters. The fourth-order valence-electron chi connectivity index (χ4n) is 1.74. The molecule has 1 aliphatic rings. The van der Waals surface area contributed by atoms with E-state index >= 15 is 0 Å². The summed E-state index contributed by atoms with van der Waals surface area (Å²) >= 11 is 0. The van der Waals surface area contributed by atoms with Gasteiger partial charge < -0.3 is 10.6 Å². The van der Waals surface area contributed by atoms with Crippen LogP contribution in [0.15, 0.2) is 4.99 Å². The minimum absolute atomic E-state index is 0.566. The number of guanidine groups is 1. The van der Waals surface area contributed by atoms with Gasteiger partial charge in [0.05, 0.1) is 0 Å². The molecule has 0 aromatic heterocycles. The van der Waals surface area contributed by atoms with E-state index in [9.17, 15) is 0 Å². The summed E-state index contributed by atoms with van der Waals surface area (Å²) in [5.41, 5.74) is 5.78. The summed E-state index contributed by atoms with van der Waals surface area (Å²) in [6, 6.07) is 0.566. The van der Waals surface area contributed by atoms with Crippen LogP contribution in [0.4, 0.5) is 0 Å². The van der Waals surface area contributed by atoms with Gasteiger partial charge >= 0.3 is 0 Å². The van der Waals surface area contributed by atoms with E-state index in [0.717, 1.165) is 6.54 Å². The number of hydrogen-bond donors (Lipinski definition) is 1. The van der Waals surface area contributed by atoms with Crippen molar-refractivity contribution in [2.24, 2.45) is 10.7 Å². The first kappa shape index (κ1) is 9.36. The average molecular weight is 169 g/mol. The summed E-state index contributed by atoms with van der Waals surface area (Å²) in [6.07, 6.45) is 5.16. The Labute approximate surface area is 74.6 Å². The Kier molecular flexibility index (Phi) is 3.38. The van der Waals surface area contributed by atoms with Crippen LogP contribution < -0.4 is 5.73 Å². The molecule has 1 aliphatic heterocycles. The highest BCUT2D eigenvalue weighted by atomic mass is 15.3. The number of aliphatic imine (C=N–C) groups is 1. The van der Waals surface area contributed by atoms with E-state index < -0.39 is 0 Å². The lowest BCUT2D eigenvalue weighted by molar-refractivity contribution is 0.332. The van der Waals surface area contributed by atoms with Crippen LogP contribution in [0.5, 0.6) is 0 Å². The second-order valence-electron chi connectivity index (χ2n) is 3.47. The van der Waals surface area contributed by atoms with E-state index in [1.807, 2.05) is 0 Å². The third-order valence-corrected chi connectivity index (χ3v) is 2.58. The van der Waals surface area contributed by atoms with Crippen LogP contribution in [0.3, 0.4) is 0 Å². The number of hydrogen-bond acceptors (Lipinski definition) is 1. The summed E-state index contributed by atoms with van der Waals surface area (Å²) in [6.45, 7) is 3.30. The molecule has 3 nitrogen and oxygen atoms in total. The van der Waals surface area contributed by atoms with Crippen LogP contribution in [0, 0.1) is 0 Å². The number of likely N-dealkylation sites (tertiary alicyclic amines) is 1. The molecule has 0 saturated carbocycles. The first-order chi connectivity index (χ1) is 5.75. The molecule has 0 aromatic carbocycles. The predicted molar refractivity (Wildman–Crippen MR) is 52.2 cm³/mol. The van der Waals surface area contributed by atoms with E-state index in [1.165, 1.54) is 25.7 Å². The second-order valence-corrected chi connectivity index (χ2v) is 3.47. The van der Waals surface area contributed by atoms with Crippen molar-refractivity contribution >= 4 is 5.96 Å². The van der Waals surface area contributed by atoms with Crippen LogP contribution >= 0.6 is 0 Å². The molecule has 1 rings (SSSR count). The van der Waals surface area contributed by atoms with Gasteiger partial charge in [0, 0.05) is 19.6 Å². The fourth-order valence-corrected chi connectivity index (χ4v) is 1.74. The molecule has 1 saturated heterocycles. The van der Waals surface area contributed by atoms with Crippen LogP contribution in [0.1, 0.15) is 32.6 Å². The maximum absolute atomic E-state index is 5.78. The second kappa shape index (κ2) is 4.33. The Morgan fingerprint density at radius 1 is 1.42 bits per heavy atom. The van der Waals surface area contributed by atoms with Crippen molar-refractivity contribution in [2.75, 3.05) is 13.6 Å². The topological polar surface area (TPSA) is 41.6 Å². The minimum Gasteiger partial charge on any atom is -0.370 e. The summed E-state index contributed by atoms with van der Waals surface area (Å²) in [4.78, 5) is 6.24. The Morgan fingerprint density at radius 3 is 2.83 bits per heavy atom. The number of rotatable bonds is 0.